The molecular formula is C23H31IN4O. The molecule has 0 bridgehead atoms. The molecular weight excluding hydrogens is 475 g/mol. The van der Waals surface area contributed by atoms with Gasteiger partial charge in [-0.1, -0.05) is 55.3 Å². The van der Waals surface area contributed by atoms with Gasteiger partial charge in [-0.3, -0.25) is 9.79 Å². The molecule has 1 saturated carbocycles. The minimum atomic E-state index is 0. The molecule has 1 unspecified atom stereocenters. The third-order valence-electron chi connectivity index (χ3n) is 5.26. The van der Waals surface area contributed by atoms with Crippen LogP contribution >= 0.6 is 24.0 Å². The van der Waals surface area contributed by atoms with Crippen molar-refractivity contribution in [1.29, 1.82) is 0 Å². The number of benzene rings is 2. The van der Waals surface area contributed by atoms with Crippen molar-refractivity contribution in [3.8, 4) is 0 Å². The fraction of sp³-hybridized carbons (Fsp3) is 0.391. The van der Waals surface area contributed by atoms with Gasteiger partial charge in [0.1, 0.15) is 0 Å². The van der Waals surface area contributed by atoms with Crippen molar-refractivity contribution in [3.05, 3.63) is 65.7 Å². The first-order valence-electron chi connectivity index (χ1n) is 10.1. The lowest BCUT2D eigenvalue weighted by Crippen LogP contribution is -2.38. The Hall–Kier alpha value is -2.09. The molecule has 0 heterocycles. The highest BCUT2D eigenvalue weighted by atomic mass is 127. The van der Waals surface area contributed by atoms with Crippen LogP contribution in [-0.2, 0) is 11.3 Å². The molecule has 3 rings (SSSR count). The predicted octanol–water partition coefficient (Wildman–Crippen LogP) is 4.86. The first kappa shape index (κ1) is 23.2. The Bertz CT molecular complexity index is 804. The van der Waals surface area contributed by atoms with E-state index in [0.29, 0.717) is 6.54 Å². The van der Waals surface area contributed by atoms with Gasteiger partial charge < -0.3 is 16.0 Å². The molecule has 1 aliphatic carbocycles. The summed E-state index contributed by atoms with van der Waals surface area (Å²) in [5.74, 6) is 1.07. The van der Waals surface area contributed by atoms with Crippen LogP contribution in [0.2, 0.25) is 0 Å². The summed E-state index contributed by atoms with van der Waals surface area (Å²) in [5.41, 5.74) is 3.17. The molecule has 5 nitrogen and oxygen atoms in total. The van der Waals surface area contributed by atoms with E-state index in [1.807, 2.05) is 42.5 Å². The van der Waals surface area contributed by atoms with Gasteiger partial charge in [-0.15, -0.1) is 24.0 Å². The number of hydrogen-bond acceptors (Lipinski definition) is 2. The Morgan fingerprint density at radius 2 is 1.83 bits per heavy atom. The Kier molecular flexibility index (Phi) is 9.44. The van der Waals surface area contributed by atoms with Gasteiger partial charge in [-0.05, 0) is 43.0 Å². The topological polar surface area (TPSA) is 65.5 Å². The number of amides is 1. The maximum absolute atomic E-state index is 12.3. The summed E-state index contributed by atoms with van der Waals surface area (Å²) >= 11 is 0. The molecule has 0 spiro atoms. The fourth-order valence-corrected chi connectivity index (χ4v) is 3.60. The van der Waals surface area contributed by atoms with E-state index in [4.69, 9.17) is 0 Å². The highest BCUT2D eigenvalue weighted by molar-refractivity contribution is 14.0. The zero-order chi connectivity index (χ0) is 19.8. The molecule has 0 aliphatic heterocycles. The first-order valence-corrected chi connectivity index (χ1v) is 10.1. The lowest BCUT2D eigenvalue weighted by atomic mass is 10.1. The van der Waals surface area contributed by atoms with Crippen LogP contribution in [0.5, 0.6) is 0 Å². The fourth-order valence-electron chi connectivity index (χ4n) is 3.60. The van der Waals surface area contributed by atoms with Crippen LogP contribution in [0.3, 0.4) is 0 Å². The Labute approximate surface area is 190 Å². The van der Waals surface area contributed by atoms with Gasteiger partial charge in [0.05, 0.1) is 6.04 Å². The Morgan fingerprint density at radius 3 is 2.52 bits per heavy atom. The van der Waals surface area contributed by atoms with Crippen molar-refractivity contribution in [2.75, 3.05) is 12.4 Å². The molecule has 3 N–H and O–H groups in total. The van der Waals surface area contributed by atoms with E-state index in [0.717, 1.165) is 42.9 Å². The molecule has 6 heteroatoms. The van der Waals surface area contributed by atoms with E-state index in [2.05, 4.69) is 40.0 Å². The summed E-state index contributed by atoms with van der Waals surface area (Å²) in [6.45, 7) is 2.75. The lowest BCUT2D eigenvalue weighted by Gasteiger charge is -2.18. The summed E-state index contributed by atoms with van der Waals surface area (Å²) in [6, 6.07) is 18.4. The van der Waals surface area contributed by atoms with Crippen LogP contribution in [-0.4, -0.2) is 18.9 Å². The monoisotopic (exact) mass is 506 g/mol. The van der Waals surface area contributed by atoms with E-state index >= 15 is 0 Å². The SMILES string of the molecule is CN=C(NCc1cccc(NC(=O)C2CCCC2)c1)NC(C)c1ccccc1.I. The minimum Gasteiger partial charge on any atom is -0.352 e. The van der Waals surface area contributed by atoms with E-state index in [1.165, 1.54) is 5.56 Å². The minimum absolute atomic E-state index is 0. The molecule has 156 valence electrons. The molecule has 0 saturated heterocycles. The van der Waals surface area contributed by atoms with E-state index < -0.39 is 0 Å². The second-order valence-corrected chi connectivity index (χ2v) is 7.37. The Morgan fingerprint density at radius 1 is 1.10 bits per heavy atom. The summed E-state index contributed by atoms with van der Waals surface area (Å²) in [4.78, 5) is 16.7. The molecule has 29 heavy (non-hydrogen) atoms. The number of carbonyl (C=O) groups is 1. The van der Waals surface area contributed by atoms with Crippen LogP contribution in [0.15, 0.2) is 59.6 Å². The van der Waals surface area contributed by atoms with Crippen LogP contribution in [0.1, 0.15) is 49.8 Å². The van der Waals surface area contributed by atoms with Crippen molar-refractivity contribution in [2.24, 2.45) is 10.9 Å². The molecule has 1 amide bonds. The van der Waals surface area contributed by atoms with Gasteiger partial charge in [0.15, 0.2) is 5.96 Å². The highest BCUT2D eigenvalue weighted by Crippen LogP contribution is 2.26. The standard InChI is InChI=1S/C23H30N4O.HI/c1-17(19-10-4-3-5-11-19)26-23(24-2)25-16-18-9-8-14-21(15-18)27-22(28)20-12-6-7-13-20;/h3-5,8-11,14-15,17,20H,6-7,12-13,16H2,1-2H3,(H,27,28)(H2,24,25,26);1H. The first-order chi connectivity index (χ1) is 13.7. The van der Waals surface area contributed by atoms with Gasteiger partial charge >= 0.3 is 0 Å². The van der Waals surface area contributed by atoms with Crippen molar-refractivity contribution in [3.63, 3.8) is 0 Å². The lowest BCUT2D eigenvalue weighted by molar-refractivity contribution is -0.119. The summed E-state index contributed by atoms with van der Waals surface area (Å²) in [5, 5.41) is 9.82. The van der Waals surface area contributed by atoms with Crippen LogP contribution in [0, 0.1) is 5.92 Å². The molecule has 0 radical (unpaired) electrons. The highest BCUT2D eigenvalue weighted by Gasteiger charge is 2.22. The number of nitrogens with zero attached hydrogens (tertiary/aromatic N) is 1. The largest absolute Gasteiger partial charge is 0.352 e. The number of hydrogen-bond donors (Lipinski definition) is 3. The van der Waals surface area contributed by atoms with Gasteiger partial charge in [0.25, 0.3) is 0 Å². The zero-order valence-electron chi connectivity index (χ0n) is 17.2. The van der Waals surface area contributed by atoms with Crippen molar-refractivity contribution >= 4 is 41.5 Å². The predicted molar refractivity (Wildman–Crippen MR) is 131 cm³/mol. The number of carbonyl (C=O) groups excluding carboxylic acids is 1. The molecule has 1 fully saturated rings. The van der Waals surface area contributed by atoms with E-state index in [-0.39, 0.29) is 41.8 Å². The molecule has 1 atom stereocenters. The number of aliphatic imine (C=N–C) groups is 1. The average molecular weight is 506 g/mol. The van der Waals surface area contributed by atoms with Gasteiger partial charge in [0.2, 0.25) is 5.91 Å². The second kappa shape index (κ2) is 11.8. The van der Waals surface area contributed by atoms with E-state index in [1.54, 1.807) is 7.05 Å². The van der Waals surface area contributed by atoms with Crippen LogP contribution in [0.25, 0.3) is 0 Å². The van der Waals surface area contributed by atoms with Crippen molar-refractivity contribution < 1.29 is 4.79 Å². The van der Waals surface area contributed by atoms with Gasteiger partial charge in [-0.25, -0.2) is 0 Å². The van der Waals surface area contributed by atoms with E-state index in [9.17, 15) is 4.79 Å². The number of guanidine groups is 1. The summed E-state index contributed by atoms with van der Waals surface area (Å²) in [7, 11) is 1.77. The van der Waals surface area contributed by atoms with Crippen molar-refractivity contribution in [1.82, 2.24) is 10.6 Å². The third kappa shape index (κ3) is 7.03. The maximum atomic E-state index is 12.3. The van der Waals surface area contributed by atoms with Gasteiger partial charge in [-0.2, -0.15) is 0 Å². The van der Waals surface area contributed by atoms with Crippen molar-refractivity contribution in [2.45, 2.75) is 45.2 Å². The smallest absolute Gasteiger partial charge is 0.227 e. The van der Waals surface area contributed by atoms with Gasteiger partial charge in [0, 0.05) is 25.2 Å². The summed E-state index contributed by atoms with van der Waals surface area (Å²) < 4.78 is 0. The molecule has 2 aromatic carbocycles. The molecule has 0 aromatic heterocycles. The normalized spacial score (nSPS) is 15.3. The average Bonchev–Trinajstić information content (AvgIpc) is 3.27. The Balaban J connectivity index is 0.00000300. The molecule has 2 aromatic rings. The molecule has 1 aliphatic rings. The second-order valence-electron chi connectivity index (χ2n) is 7.37. The van der Waals surface area contributed by atoms with Crippen LogP contribution < -0.4 is 16.0 Å². The summed E-state index contributed by atoms with van der Waals surface area (Å²) in [6.07, 6.45) is 4.34. The van der Waals surface area contributed by atoms with Crippen LogP contribution in [0.4, 0.5) is 5.69 Å². The zero-order valence-corrected chi connectivity index (χ0v) is 19.5. The third-order valence-corrected chi connectivity index (χ3v) is 5.26. The number of nitrogens with one attached hydrogen (secondary N) is 3. The number of anilines is 1. The quantitative estimate of drug-likeness (QED) is 0.298. The number of halogens is 1. The number of rotatable bonds is 6. The maximum Gasteiger partial charge on any atom is 0.227 e.